The second-order valence-corrected chi connectivity index (χ2v) is 6.13. The Morgan fingerprint density at radius 3 is 2.50 bits per heavy atom. The largest absolute Gasteiger partial charge is 0.497 e. The minimum Gasteiger partial charge on any atom is -0.497 e. The highest BCUT2D eigenvalue weighted by Gasteiger charge is 2.17. The number of hydrogen-bond donors (Lipinski definition) is 0. The molecule has 3 rings (SSSR count). The molecule has 0 spiro atoms. The van der Waals surface area contributed by atoms with Crippen molar-refractivity contribution in [1.82, 2.24) is 9.88 Å². The molecule has 1 aromatic heterocycles. The Kier molecular flexibility index (Phi) is 5.49. The SMILES string of the molecule is COc1ccc(C=CCN2CCN(c3ccncc3C)CC2)cc1. The highest BCUT2D eigenvalue weighted by Crippen LogP contribution is 2.19. The molecule has 0 radical (unpaired) electrons. The zero-order valence-corrected chi connectivity index (χ0v) is 14.5. The normalized spacial score (nSPS) is 15.8. The Morgan fingerprint density at radius 2 is 1.83 bits per heavy atom. The fourth-order valence-electron chi connectivity index (χ4n) is 3.05. The number of anilines is 1. The molecule has 0 unspecified atom stereocenters. The van der Waals surface area contributed by atoms with E-state index in [0.29, 0.717) is 0 Å². The van der Waals surface area contributed by atoms with Gasteiger partial charge in [-0.15, -0.1) is 0 Å². The number of rotatable bonds is 5. The molecule has 0 atom stereocenters. The van der Waals surface area contributed by atoms with E-state index in [-0.39, 0.29) is 0 Å². The summed E-state index contributed by atoms with van der Waals surface area (Å²) >= 11 is 0. The van der Waals surface area contributed by atoms with Crippen molar-refractivity contribution in [3.63, 3.8) is 0 Å². The zero-order chi connectivity index (χ0) is 16.8. The monoisotopic (exact) mass is 323 g/mol. The molecule has 1 fully saturated rings. The molecule has 1 aliphatic rings. The van der Waals surface area contributed by atoms with E-state index in [1.807, 2.05) is 24.5 Å². The maximum atomic E-state index is 5.18. The Balaban J connectivity index is 1.48. The first-order valence-corrected chi connectivity index (χ1v) is 8.45. The molecule has 126 valence electrons. The summed E-state index contributed by atoms with van der Waals surface area (Å²) in [6, 6.07) is 10.3. The van der Waals surface area contributed by atoms with Crippen molar-refractivity contribution >= 4 is 11.8 Å². The average molecular weight is 323 g/mol. The van der Waals surface area contributed by atoms with Gasteiger partial charge in [0.15, 0.2) is 0 Å². The Labute approximate surface area is 144 Å². The van der Waals surface area contributed by atoms with Gasteiger partial charge in [-0.05, 0) is 36.2 Å². The molecule has 24 heavy (non-hydrogen) atoms. The van der Waals surface area contributed by atoms with Gasteiger partial charge in [-0.25, -0.2) is 0 Å². The smallest absolute Gasteiger partial charge is 0.118 e. The molecule has 0 N–H and O–H groups in total. The van der Waals surface area contributed by atoms with Crippen molar-refractivity contribution in [2.45, 2.75) is 6.92 Å². The van der Waals surface area contributed by atoms with E-state index in [1.54, 1.807) is 7.11 Å². The molecule has 0 saturated carbocycles. The van der Waals surface area contributed by atoms with Crippen molar-refractivity contribution in [1.29, 1.82) is 0 Å². The maximum Gasteiger partial charge on any atom is 0.118 e. The topological polar surface area (TPSA) is 28.6 Å². The van der Waals surface area contributed by atoms with Crippen molar-refractivity contribution < 1.29 is 4.74 Å². The predicted octanol–water partition coefficient (Wildman–Crippen LogP) is 3.23. The van der Waals surface area contributed by atoms with Gasteiger partial charge in [0.25, 0.3) is 0 Å². The predicted molar refractivity (Wildman–Crippen MR) is 99.7 cm³/mol. The molecular weight excluding hydrogens is 298 g/mol. The first kappa shape index (κ1) is 16.5. The molecular formula is C20H25N3O. The van der Waals surface area contributed by atoms with Crippen molar-refractivity contribution in [2.75, 3.05) is 44.7 Å². The number of piperazine rings is 1. The first-order chi connectivity index (χ1) is 11.8. The lowest BCUT2D eigenvalue weighted by molar-refractivity contribution is 0.284. The van der Waals surface area contributed by atoms with Gasteiger partial charge in [0, 0.05) is 50.8 Å². The van der Waals surface area contributed by atoms with E-state index in [2.05, 4.69) is 52.1 Å². The summed E-state index contributed by atoms with van der Waals surface area (Å²) in [5.74, 6) is 0.898. The fraction of sp³-hybridized carbons (Fsp3) is 0.350. The number of hydrogen-bond acceptors (Lipinski definition) is 4. The van der Waals surface area contributed by atoms with Crippen LogP contribution in [0.3, 0.4) is 0 Å². The van der Waals surface area contributed by atoms with Crippen LogP contribution >= 0.6 is 0 Å². The zero-order valence-electron chi connectivity index (χ0n) is 14.5. The maximum absolute atomic E-state index is 5.18. The lowest BCUT2D eigenvalue weighted by atomic mass is 10.2. The Hall–Kier alpha value is -2.33. The van der Waals surface area contributed by atoms with Crippen molar-refractivity contribution in [3.8, 4) is 5.75 Å². The summed E-state index contributed by atoms with van der Waals surface area (Å²) in [6.45, 7) is 7.45. The molecule has 4 nitrogen and oxygen atoms in total. The lowest BCUT2D eigenvalue weighted by Gasteiger charge is -2.36. The van der Waals surface area contributed by atoms with Gasteiger partial charge in [0.1, 0.15) is 5.75 Å². The lowest BCUT2D eigenvalue weighted by Crippen LogP contribution is -2.46. The van der Waals surface area contributed by atoms with Crippen molar-refractivity contribution in [3.05, 3.63) is 59.9 Å². The van der Waals surface area contributed by atoms with E-state index in [0.717, 1.165) is 38.5 Å². The van der Waals surface area contributed by atoms with Gasteiger partial charge in [-0.2, -0.15) is 0 Å². The third-order valence-electron chi connectivity index (χ3n) is 4.49. The summed E-state index contributed by atoms with van der Waals surface area (Å²) in [5, 5.41) is 0. The van der Waals surface area contributed by atoms with E-state index < -0.39 is 0 Å². The van der Waals surface area contributed by atoms with E-state index >= 15 is 0 Å². The Bertz CT molecular complexity index is 674. The van der Waals surface area contributed by atoms with E-state index in [4.69, 9.17) is 4.74 Å². The van der Waals surface area contributed by atoms with Gasteiger partial charge in [0.05, 0.1) is 7.11 Å². The van der Waals surface area contributed by atoms with Gasteiger partial charge < -0.3 is 9.64 Å². The third kappa shape index (κ3) is 4.15. The number of methoxy groups -OCH3 is 1. The molecule has 1 saturated heterocycles. The summed E-state index contributed by atoms with van der Waals surface area (Å²) in [7, 11) is 1.69. The number of nitrogens with zero attached hydrogens (tertiary/aromatic N) is 3. The van der Waals surface area contributed by atoms with Crippen LogP contribution in [0.5, 0.6) is 5.75 Å². The molecule has 4 heteroatoms. The second-order valence-electron chi connectivity index (χ2n) is 6.13. The minimum atomic E-state index is 0.898. The first-order valence-electron chi connectivity index (χ1n) is 8.45. The van der Waals surface area contributed by atoms with Crippen LogP contribution in [-0.2, 0) is 0 Å². The summed E-state index contributed by atoms with van der Waals surface area (Å²) in [4.78, 5) is 9.13. The standard InChI is InChI=1S/C20H25N3O/c1-17-16-21-10-9-20(17)23-14-12-22(13-15-23)11-3-4-18-5-7-19(24-2)8-6-18/h3-10,16H,11-15H2,1-2H3. The van der Waals surface area contributed by atoms with Crippen LogP contribution in [0, 0.1) is 6.92 Å². The minimum absolute atomic E-state index is 0.898. The molecule has 2 aromatic rings. The number of aromatic nitrogens is 1. The van der Waals surface area contributed by atoms with Crippen LogP contribution < -0.4 is 9.64 Å². The van der Waals surface area contributed by atoms with Crippen LogP contribution in [0.25, 0.3) is 6.08 Å². The van der Waals surface area contributed by atoms with E-state index in [1.165, 1.54) is 16.8 Å². The molecule has 1 aliphatic heterocycles. The van der Waals surface area contributed by atoms with Gasteiger partial charge in [0.2, 0.25) is 0 Å². The fourth-order valence-corrected chi connectivity index (χ4v) is 3.05. The van der Waals surface area contributed by atoms with Crippen LogP contribution in [-0.4, -0.2) is 49.7 Å². The van der Waals surface area contributed by atoms with E-state index in [9.17, 15) is 0 Å². The molecule has 1 aromatic carbocycles. The quantitative estimate of drug-likeness (QED) is 0.845. The van der Waals surface area contributed by atoms with Gasteiger partial charge in [-0.1, -0.05) is 24.3 Å². The van der Waals surface area contributed by atoms with Crippen LogP contribution in [0.1, 0.15) is 11.1 Å². The van der Waals surface area contributed by atoms with Crippen LogP contribution in [0.2, 0.25) is 0 Å². The second kappa shape index (κ2) is 7.97. The van der Waals surface area contributed by atoms with Gasteiger partial charge in [-0.3, -0.25) is 9.88 Å². The number of ether oxygens (including phenoxy) is 1. The molecule has 2 heterocycles. The molecule has 0 aliphatic carbocycles. The highest BCUT2D eigenvalue weighted by molar-refractivity contribution is 5.52. The average Bonchev–Trinajstić information content (AvgIpc) is 2.63. The van der Waals surface area contributed by atoms with Gasteiger partial charge >= 0.3 is 0 Å². The number of pyridine rings is 1. The molecule has 0 bridgehead atoms. The Morgan fingerprint density at radius 1 is 1.08 bits per heavy atom. The summed E-state index contributed by atoms with van der Waals surface area (Å²) in [6.07, 6.45) is 8.25. The summed E-state index contributed by atoms with van der Waals surface area (Å²) < 4.78 is 5.18. The van der Waals surface area contributed by atoms with Crippen LogP contribution in [0.4, 0.5) is 5.69 Å². The molecule has 0 amide bonds. The number of benzene rings is 1. The summed E-state index contributed by atoms with van der Waals surface area (Å²) in [5.41, 5.74) is 3.78. The number of aryl methyl sites for hydroxylation is 1. The highest BCUT2D eigenvalue weighted by atomic mass is 16.5. The third-order valence-corrected chi connectivity index (χ3v) is 4.49. The van der Waals surface area contributed by atoms with Crippen molar-refractivity contribution in [2.24, 2.45) is 0 Å². The van der Waals surface area contributed by atoms with Crippen LogP contribution in [0.15, 0.2) is 48.8 Å².